The van der Waals surface area contributed by atoms with E-state index in [1.807, 2.05) is 0 Å². The Hall–Kier alpha value is -1.01. The van der Waals surface area contributed by atoms with Crippen molar-refractivity contribution < 1.29 is 4.39 Å². The second-order valence-electron chi connectivity index (χ2n) is 2.71. The first-order valence-corrected chi connectivity index (χ1v) is 5.59. The van der Waals surface area contributed by atoms with Crippen molar-refractivity contribution in [3.05, 3.63) is 35.1 Å². The van der Waals surface area contributed by atoms with Crippen molar-refractivity contribution in [3.63, 3.8) is 0 Å². The molecular formula is C9H9BrFN3S. The molecule has 0 bridgehead atoms. The summed E-state index contributed by atoms with van der Waals surface area (Å²) in [6.07, 6.45) is 1.47. The van der Waals surface area contributed by atoms with Gasteiger partial charge in [-0.15, -0.1) is 0 Å². The molecule has 0 spiro atoms. The molecule has 0 heterocycles. The van der Waals surface area contributed by atoms with E-state index in [2.05, 4.69) is 38.7 Å². The average molecular weight is 290 g/mol. The van der Waals surface area contributed by atoms with Crippen LogP contribution in [0.5, 0.6) is 0 Å². The molecule has 3 N–H and O–H groups in total. The minimum atomic E-state index is -0.309. The lowest BCUT2D eigenvalue weighted by atomic mass is 10.1. The highest BCUT2D eigenvalue weighted by Gasteiger charge is 2.00. The predicted molar refractivity (Wildman–Crippen MR) is 66.5 cm³/mol. The predicted octanol–water partition coefficient (Wildman–Crippen LogP) is 1.89. The van der Waals surface area contributed by atoms with Crippen molar-refractivity contribution in [1.82, 2.24) is 5.43 Å². The van der Waals surface area contributed by atoms with Crippen LogP contribution in [-0.2, 0) is 5.33 Å². The van der Waals surface area contributed by atoms with E-state index in [0.29, 0.717) is 10.9 Å². The van der Waals surface area contributed by atoms with Crippen LogP contribution in [0.15, 0.2) is 23.3 Å². The molecule has 3 nitrogen and oxygen atoms in total. The molecule has 0 aromatic heterocycles. The van der Waals surface area contributed by atoms with Crippen LogP contribution in [0.1, 0.15) is 11.1 Å². The number of nitrogens with two attached hydrogens (primary N) is 1. The number of thiocarbonyl (C=S) groups is 1. The quantitative estimate of drug-likeness (QED) is 0.387. The van der Waals surface area contributed by atoms with Crippen molar-refractivity contribution in [1.29, 1.82) is 0 Å². The molecule has 6 heteroatoms. The van der Waals surface area contributed by atoms with Crippen LogP contribution in [0.25, 0.3) is 0 Å². The third-order valence-corrected chi connectivity index (χ3v) is 2.33. The van der Waals surface area contributed by atoms with Crippen molar-refractivity contribution in [2.75, 3.05) is 0 Å². The van der Waals surface area contributed by atoms with E-state index in [-0.39, 0.29) is 10.9 Å². The zero-order valence-electron chi connectivity index (χ0n) is 7.71. The molecule has 0 aliphatic carbocycles. The average Bonchev–Trinajstić information content (AvgIpc) is 2.17. The van der Waals surface area contributed by atoms with Gasteiger partial charge in [-0.1, -0.05) is 22.0 Å². The normalized spacial score (nSPS) is 10.5. The maximum atomic E-state index is 12.9. The highest BCUT2D eigenvalue weighted by atomic mass is 79.9. The first kappa shape index (κ1) is 12.1. The first-order chi connectivity index (χ1) is 7.13. The van der Waals surface area contributed by atoms with Crippen LogP contribution in [0, 0.1) is 5.82 Å². The van der Waals surface area contributed by atoms with Crippen LogP contribution in [-0.4, -0.2) is 11.3 Å². The lowest BCUT2D eigenvalue weighted by Crippen LogP contribution is -2.24. The lowest BCUT2D eigenvalue weighted by molar-refractivity contribution is 0.627. The summed E-state index contributed by atoms with van der Waals surface area (Å²) in [5, 5.41) is 4.46. The van der Waals surface area contributed by atoms with E-state index in [4.69, 9.17) is 5.73 Å². The fourth-order valence-electron chi connectivity index (χ4n) is 0.973. The van der Waals surface area contributed by atoms with Gasteiger partial charge in [0.1, 0.15) is 5.82 Å². The maximum Gasteiger partial charge on any atom is 0.184 e. The number of rotatable bonds is 3. The first-order valence-electron chi connectivity index (χ1n) is 4.06. The van der Waals surface area contributed by atoms with Gasteiger partial charge in [-0.2, -0.15) is 5.10 Å². The van der Waals surface area contributed by atoms with Crippen molar-refractivity contribution in [3.8, 4) is 0 Å². The van der Waals surface area contributed by atoms with Gasteiger partial charge in [-0.3, -0.25) is 5.43 Å². The van der Waals surface area contributed by atoms with Crippen LogP contribution < -0.4 is 11.2 Å². The van der Waals surface area contributed by atoms with Crippen molar-refractivity contribution in [2.45, 2.75) is 5.33 Å². The van der Waals surface area contributed by atoms with Crippen molar-refractivity contribution in [2.24, 2.45) is 10.8 Å². The van der Waals surface area contributed by atoms with Gasteiger partial charge >= 0.3 is 0 Å². The SMILES string of the molecule is NC(=S)NN=Cc1cc(F)ccc1CBr. The van der Waals surface area contributed by atoms with Gasteiger partial charge in [0.15, 0.2) is 5.11 Å². The van der Waals surface area contributed by atoms with Gasteiger partial charge < -0.3 is 5.73 Å². The zero-order chi connectivity index (χ0) is 11.3. The number of hydrogen-bond acceptors (Lipinski definition) is 2. The lowest BCUT2D eigenvalue weighted by Gasteiger charge is -2.01. The molecule has 15 heavy (non-hydrogen) atoms. The molecule has 0 atom stereocenters. The fraction of sp³-hybridized carbons (Fsp3) is 0.111. The summed E-state index contributed by atoms with van der Waals surface area (Å²) in [6, 6.07) is 4.47. The molecule has 0 radical (unpaired) electrons. The highest BCUT2D eigenvalue weighted by Crippen LogP contribution is 2.12. The summed E-state index contributed by atoms with van der Waals surface area (Å²) in [7, 11) is 0. The smallest absolute Gasteiger partial charge is 0.184 e. The summed E-state index contributed by atoms with van der Waals surface area (Å²) < 4.78 is 12.9. The fourth-order valence-corrected chi connectivity index (χ4v) is 1.54. The second kappa shape index (κ2) is 5.77. The van der Waals surface area contributed by atoms with Gasteiger partial charge in [-0.05, 0) is 29.9 Å². The standard InChI is InChI=1S/C9H9BrFN3S/c10-4-6-1-2-8(11)3-7(6)5-13-14-9(12)15/h1-3,5H,4H2,(H3,12,14,15). The summed E-state index contributed by atoms with van der Waals surface area (Å²) >= 11 is 7.87. The third kappa shape index (κ3) is 3.93. The Labute approximate surface area is 101 Å². The van der Waals surface area contributed by atoms with E-state index in [1.54, 1.807) is 6.07 Å². The molecule has 0 saturated heterocycles. The number of alkyl halides is 1. The Morgan fingerprint density at radius 1 is 1.67 bits per heavy atom. The van der Waals surface area contributed by atoms with Crippen LogP contribution in [0.3, 0.4) is 0 Å². The summed E-state index contributed by atoms with van der Waals surface area (Å²) in [5.41, 5.74) is 9.20. The molecule has 0 unspecified atom stereocenters. The number of hydrogen-bond donors (Lipinski definition) is 2. The molecule has 1 rings (SSSR count). The monoisotopic (exact) mass is 289 g/mol. The molecule has 0 aliphatic heterocycles. The Kier molecular flexibility index (Phi) is 4.64. The molecule has 1 aromatic rings. The largest absolute Gasteiger partial charge is 0.375 e. The highest BCUT2D eigenvalue weighted by molar-refractivity contribution is 9.08. The minimum absolute atomic E-state index is 0.0723. The number of halogens is 2. The maximum absolute atomic E-state index is 12.9. The minimum Gasteiger partial charge on any atom is -0.375 e. The molecule has 1 aromatic carbocycles. The van der Waals surface area contributed by atoms with Crippen molar-refractivity contribution >= 4 is 39.5 Å². The van der Waals surface area contributed by atoms with Crippen LogP contribution in [0.4, 0.5) is 4.39 Å². The Morgan fingerprint density at radius 3 is 3.00 bits per heavy atom. The van der Waals surface area contributed by atoms with Crippen LogP contribution >= 0.6 is 28.1 Å². The molecule has 0 aliphatic rings. The van der Waals surface area contributed by atoms with Gasteiger partial charge in [0.25, 0.3) is 0 Å². The molecule has 0 saturated carbocycles. The van der Waals surface area contributed by atoms with E-state index < -0.39 is 0 Å². The van der Waals surface area contributed by atoms with E-state index >= 15 is 0 Å². The Balaban J connectivity index is 2.87. The van der Waals surface area contributed by atoms with E-state index in [0.717, 1.165) is 5.56 Å². The van der Waals surface area contributed by atoms with Gasteiger partial charge in [0, 0.05) is 10.9 Å². The molecular weight excluding hydrogens is 281 g/mol. The van der Waals surface area contributed by atoms with Crippen LogP contribution in [0.2, 0.25) is 0 Å². The van der Waals surface area contributed by atoms with Gasteiger partial charge in [0.05, 0.1) is 6.21 Å². The summed E-state index contributed by atoms with van der Waals surface area (Å²) in [5.74, 6) is -0.309. The number of nitrogens with one attached hydrogen (secondary N) is 1. The van der Waals surface area contributed by atoms with Gasteiger partial charge in [-0.25, -0.2) is 4.39 Å². The zero-order valence-corrected chi connectivity index (χ0v) is 10.1. The number of benzene rings is 1. The third-order valence-electron chi connectivity index (χ3n) is 1.63. The van der Waals surface area contributed by atoms with E-state index in [1.165, 1.54) is 18.3 Å². The number of nitrogens with zero attached hydrogens (tertiary/aromatic N) is 1. The van der Waals surface area contributed by atoms with Gasteiger partial charge in [0.2, 0.25) is 0 Å². The summed E-state index contributed by atoms with van der Waals surface area (Å²) in [4.78, 5) is 0. The Morgan fingerprint density at radius 2 is 2.40 bits per heavy atom. The second-order valence-corrected chi connectivity index (χ2v) is 3.71. The Bertz CT molecular complexity index is 395. The molecule has 0 amide bonds. The van der Waals surface area contributed by atoms with E-state index in [9.17, 15) is 4.39 Å². The molecule has 0 fully saturated rings. The summed E-state index contributed by atoms with van der Waals surface area (Å²) in [6.45, 7) is 0. The topological polar surface area (TPSA) is 50.4 Å². The molecule has 80 valence electrons. The number of hydrazone groups is 1.